The summed E-state index contributed by atoms with van der Waals surface area (Å²) in [7, 11) is 0. The van der Waals surface area contributed by atoms with Gasteiger partial charge in [-0.05, 0) is 30.5 Å². The van der Waals surface area contributed by atoms with Crippen LogP contribution in [0, 0.1) is 6.92 Å². The zero-order valence-corrected chi connectivity index (χ0v) is 16.6. The highest BCUT2D eigenvalue weighted by Gasteiger charge is 2.34. The smallest absolute Gasteiger partial charge is 0.311 e. The van der Waals surface area contributed by atoms with Crippen LogP contribution in [-0.4, -0.2) is 40.8 Å². The van der Waals surface area contributed by atoms with E-state index >= 15 is 0 Å². The molecule has 0 N–H and O–H groups in total. The molecule has 1 aliphatic heterocycles. The number of nitrogens with zero attached hydrogens (tertiary/aromatic N) is 2. The Morgan fingerprint density at radius 1 is 1.11 bits per heavy atom. The normalized spacial score (nSPS) is 13.1. The summed E-state index contributed by atoms with van der Waals surface area (Å²) in [6.45, 7) is 1.91. The number of ether oxygens (including phenoxy) is 1. The Morgan fingerprint density at radius 2 is 1.82 bits per heavy atom. The third-order valence-corrected chi connectivity index (χ3v) is 6.17. The van der Waals surface area contributed by atoms with Gasteiger partial charge in [0.05, 0.1) is 39.7 Å². The van der Waals surface area contributed by atoms with E-state index in [1.165, 1.54) is 11.3 Å². The van der Waals surface area contributed by atoms with Crippen LogP contribution in [0.1, 0.15) is 30.6 Å². The first kappa shape index (κ1) is 18.5. The minimum Gasteiger partial charge on any atom is -0.464 e. The van der Waals surface area contributed by atoms with Crippen molar-refractivity contribution in [3.05, 3.63) is 62.8 Å². The molecule has 3 aromatic rings. The molecule has 0 fully saturated rings. The van der Waals surface area contributed by atoms with E-state index in [2.05, 4.69) is 4.98 Å². The van der Waals surface area contributed by atoms with Gasteiger partial charge in [-0.3, -0.25) is 19.3 Å². The van der Waals surface area contributed by atoms with Crippen LogP contribution < -0.4 is 0 Å². The van der Waals surface area contributed by atoms with E-state index in [0.717, 1.165) is 25.4 Å². The number of fused-ring (bicyclic) bond motifs is 1. The largest absolute Gasteiger partial charge is 0.464 e. The van der Waals surface area contributed by atoms with Gasteiger partial charge >= 0.3 is 5.97 Å². The topological polar surface area (TPSA) is 76.6 Å². The molecule has 28 heavy (non-hydrogen) atoms. The van der Waals surface area contributed by atoms with Gasteiger partial charge in [0.25, 0.3) is 11.8 Å². The monoisotopic (exact) mass is 412 g/mol. The minimum absolute atomic E-state index is 0.0313. The second-order valence-electron chi connectivity index (χ2n) is 6.19. The third-order valence-electron chi connectivity index (χ3n) is 4.32. The fourth-order valence-electron chi connectivity index (χ4n) is 3.07. The number of benzene rings is 1. The van der Waals surface area contributed by atoms with E-state index in [1.54, 1.807) is 35.6 Å². The summed E-state index contributed by atoms with van der Waals surface area (Å²) < 4.78 is 5.28. The van der Waals surface area contributed by atoms with Crippen molar-refractivity contribution >= 4 is 40.5 Å². The van der Waals surface area contributed by atoms with Crippen LogP contribution in [0.5, 0.6) is 0 Å². The van der Waals surface area contributed by atoms with E-state index in [9.17, 15) is 14.4 Å². The van der Waals surface area contributed by atoms with Crippen LogP contribution in [0.2, 0.25) is 0 Å². The lowest BCUT2D eigenvalue weighted by Crippen LogP contribution is -2.33. The number of thiophene rings is 1. The fraction of sp³-hybridized carbons (Fsp3) is 0.200. The predicted octanol–water partition coefficient (Wildman–Crippen LogP) is 3.56. The van der Waals surface area contributed by atoms with Crippen LogP contribution in [-0.2, 0) is 16.0 Å². The Hall–Kier alpha value is -2.84. The van der Waals surface area contributed by atoms with E-state index < -0.39 is 5.97 Å². The van der Waals surface area contributed by atoms with Crippen molar-refractivity contribution < 1.29 is 19.1 Å². The number of hydrogen-bond acceptors (Lipinski definition) is 7. The van der Waals surface area contributed by atoms with Crippen LogP contribution >= 0.6 is 22.7 Å². The highest BCUT2D eigenvalue weighted by molar-refractivity contribution is 7.15. The molecule has 0 unspecified atom stereocenters. The van der Waals surface area contributed by atoms with Crippen molar-refractivity contribution in [1.29, 1.82) is 0 Å². The first-order valence-electron chi connectivity index (χ1n) is 8.65. The molecule has 3 heterocycles. The quantitative estimate of drug-likeness (QED) is 0.457. The second kappa shape index (κ2) is 7.65. The molecule has 0 saturated carbocycles. The summed E-state index contributed by atoms with van der Waals surface area (Å²) in [5.41, 5.74) is 1.59. The summed E-state index contributed by atoms with van der Waals surface area (Å²) in [6, 6.07) is 10.6. The Labute approximate surface area is 169 Å². The van der Waals surface area contributed by atoms with Crippen molar-refractivity contribution in [3.63, 3.8) is 0 Å². The third kappa shape index (κ3) is 3.48. The summed E-state index contributed by atoms with van der Waals surface area (Å²) in [4.78, 5) is 44.4. The molecule has 0 saturated heterocycles. The molecule has 6 nitrogen and oxygen atoms in total. The lowest BCUT2D eigenvalue weighted by atomic mass is 10.1. The number of carbonyl (C=O) groups excluding carboxylic acids is 3. The molecule has 0 aliphatic carbocycles. The second-order valence-corrected chi connectivity index (χ2v) is 8.42. The summed E-state index contributed by atoms with van der Waals surface area (Å²) >= 11 is 3.04. The first-order chi connectivity index (χ1) is 13.5. The van der Waals surface area contributed by atoms with Gasteiger partial charge < -0.3 is 4.74 Å². The lowest BCUT2D eigenvalue weighted by molar-refractivity contribution is -0.142. The van der Waals surface area contributed by atoms with Crippen molar-refractivity contribution in [1.82, 2.24) is 9.88 Å². The summed E-state index contributed by atoms with van der Waals surface area (Å²) in [5, 5.41) is 2.85. The van der Waals surface area contributed by atoms with Crippen LogP contribution in [0.15, 0.2) is 41.8 Å². The lowest BCUT2D eigenvalue weighted by Gasteiger charge is -2.13. The van der Waals surface area contributed by atoms with Gasteiger partial charge in [-0.15, -0.1) is 22.7 Å². The molecule has 0 radical (unpaired) electrons. The van der Waals surface area contributed by atoms with Crippen molar-refractivity contribution in [3.8, 4) is 10.6 Å². The first-order valence-corrected chi connectivity index (χ1v) is 10.3. The van der Waals surface area contributed by atoms with Gasteiger partial charge in [0.15, 0.2) is 0 Å². The maximum atomic E-state index is 12.3. The Morgan fingerprint density at radius 3 is 2.46 bits per heavy atom. The molecule has 142 valence electrons. The summed E-state index contributed by atoms with van der Waals surface area (Å²) in [6.07, 6.45) is 0.112. The highest BCUT2D eigenvalue weighted by atomic mass is 32.1. The van der Waals surface area contributed by atoms with Gasteiger partial charge in [0, 0.05) is 4.88 Å². The zero-order chi connectivity index (χ0) is 19.7. The number of aryl methyl sites for hydroxylation is 1. The molecule has 0 atom stereocenters. The molecule has 8 heteroatoms. The number of hydrogen-bond donors (Lipinski definition) is 0. The number of esters is 1. The Bertz CT molecular complexity index is 1020. The minimum atomic E-state index is -0.405. The highest BCUT2D eigenvalue weighted by Crippen LogP contribution is 2.31. The average molecular weight is 412 g/mol. The molecule has 4 rings (SSSR count). The Kier molecular flexibility index (Phi) is 5.06. The van der Waals surface area contributed by atoms with Crippen molar-refractivity contribution in [2.24, 2.45) is 0 Å². The van der Waals surface area contributed by atoms with E-state index in [0.29, 0.717) is 11.1 Å². The van der Waals surface area contributed by atoms with Gasteiger partial charge in [-0.1, -0.05) is 18.2 Å². The molecule has 1 aromatic carbocycles. The van der Waals surface area contributed by atoms with Gasteiger partial charge in [0.2, 0.25) is 0 Å². The van der Waals surface area contributed by atoms with Crippen molar-refractivity contribution in [2.45, 2.75) is 13.3 Å². The summed E-state index contributed by atoms with van der Waals surface area (Å²) in [5.74, 6) is -1.11. The van der Waals surface area contributed by atoms with E-state index in [4.69, 9.17) is 4.74 Å². The molecule has 2 aromatic heterocycles. The zero-order valence-electron chi connectivity index (χ0n) is 15.0. The standard InChI is InChI=1S/C20H16N2O4S2/c1-12-21-18(15-7-4-10-27-15)16(28-12)11-17(23)26-9-8-22-19(24)13-5-2-3-6-14(13)20(22)25/h2-7,10H,8-9,11H2,1H3. The van der Waals surface area contributed by atoms with Crippen LogP contribution in [0.4, 0.5) is 0 Å². The number of thiazole rings is 1. The predicted molar refractivity (Wildman–Crippen MR) is 107 cm³/mol. The maximum absolute atomic E-state index is 12.3. The van der Waals surface area contributed by atoms with E-state index in [1.807, 2.05) is 24.4 Å². The number of amides is 2. The average Bonchev–Trinajstić information content (AvgIpc) is 3.38. The van der Waals surface area contributed by atoms with Crippen LogP contribution in [0.3, 0.4) is 0 Å². The molecular weight excluding hydrogens is 396 g/mol. The Balaban J connectivity index is 1.35. The maximum Gasteiger partial charge on any atom is 0.311 e. The van der Waals surface area contributed by atoms with Gasteiger partial charge in [0.1, 0.15) is 6.61 Å². The van der Waals surface area contributed by atoms with Gasteiger partial charge in [-0.2, -0.15) is 0 Å². The van der Waals surface area contributed by atoms with E-state index in [-0.39, 0.29) is 31.4 Å². The van der Waals surface area contributed by atoms with Gasteiger partial charge in [-0.25, -0.2) is 4.98 Å². The number of imide groups is 1. The molecule has 0 spiro atoms. The molecule has 2 amide bonds. The molecule has 0 bridgehead atoms. The number of aromatic nitrogens is 1. The molecular formula is C20H16N2O4S2. The SMILES string of the molecule is Cc1nc(-c2cccs2)c(CC(=O)OCCN2C(=O)c3ccccc3C2=O)s1. The number of rotatable bonds is 6. The number of carbonyl (C=O) groups is 3. The fourth-order valence-corrected chi connectivity index (χ4v) is 4.81. The molecule has 1 aliphatic rings. The van der Waals surface area contributed by atoms with Crippen LogP contribution in [0.25, 0.3) is 10.6 Å². The van der Waals surface area contributed by atoms with Crippen molar-refractivity contribution in [2.75, 3.05) is 13.2 Å².